The molecule has 2 rings (SSSR count). The van der Waals surface area contributed by atoms with Crippen molar-refractivity contribution in [3.63, 3.8) is 0 Å². The molecule has 0 atom stereocenters. The van der Waals surface area contributed by atoms with Crippen LogP contribution in [0.4, 0.5) is 5.69 Å². The van der Waals surface area contributed by atoms with Gasteiger partial charge in [0.05, 0.1) is 11.1 Å². The Morgan fingerprint density at radius 2 is 2.10 bits per heavy atom. The van der Waals surface area contributed by atoms with Crippen molar-refractivity contribution < 1.29 is 14.5 Å². The normalized spacial score (nSPS) is 10.2. The summed E-state index contributed by atoms with van der Waals surface area (Å²) in [5.74, 6) is -0.298. The fraction of sp³-hybridized carbons (Fsp3) is 0.250. The number of carbonyl (C=O) groups excluding carboxylic acids is 1. The van der Waals surface area contributed by atoms with Gasteiger partial charge in [0.2, 0.25) is 0 Å². The minimum absolute atomic E-state index is 0.0617. The van der Waals surface area contributed by atoms with E-state index in [2.05, 4.69) is 10.3 Å². The SMILES string of the molecule is CC(=O)Oc1cn(CCc2ccc([N+](=O)[O-])cc2)nn1. The van der Waals surface area contributed by atoms with Crippen LogP contribution in [0.25, 0.3) is 0 Å². The van der Waals surface area contributed by atoms with E-state index in [9.17, 15) is 14.9 Å². The van der Waals surface area contributed by atoms with Crippen LogP contribution in [0, 0.1) is 10.1 Å². The minimum Gasteiger partial charge on any atom is -0.404 e. The topological polar surface area (TPSA) is 100 Å². The number of aromatic nitrogens is 3. The molecule has 20 heavy (non-hydrogen) atoms. The second-order valence-corrected chi connectivity index (χ2v) is 4.09. The van der Waals surface area contributed by atoms with E-state index >= 15 is 0 Å². The zero-order valence-electron chi connectivity index (χ0n) is 10.7. The fourth-order valence-corrected chi connectivity index (χ4v) is 1.61. The summed E-state index contributed by atoms with van der Waals surface area (Å²) in [6.45, 7) is 1.82. The van der Waals surface area contributed by atoms with Gasteiger partial charge in [-0.2, -0.15) is 0 Å². The van der Waals surface area contributed by atoms with Crippen molar-refractivity contribution in [3.8, 4) is 5.88 Å². The highest BCUT2D eigenvalue weighted by Gasteiger charge is 2.06. The van der Waals surface area contributed by atoms with Gasteiger partial charge in [-0.1, -0.05) is 22.4 Å². The molecular formula is C12H12N4O4. The highest BCUT2D eigenvalue weighted by Crippen LogP contribution is 2.13. The summed E-state index contributed by atoms with van der Waals surface area (Å²) in [5, 5.41) is 18.0. The summed E-state index contributed by atoms with van der Waals surface area (Å²) in [7, 11) is 0. The molecule has 1 aromatic heterocycles. The molecule has 8 nitrogen and oxygen atoms in total. The van der Waals surface area contributed by atoms with Gasteiger partial charge in [-0.3, -0.25) is 14.9 Å². The van der Waals surface area contributed by atoms with Gasteiger partial charge in [0, 0.05) is 25.6 Å². The van der Waals surface area contributed by atoms with Gasteiger partial charge in [-0.25, -0.2) is 4.68 Å². The number of rotatable bonds is 5. The Balaban J connectivity index is 1.93. The lowest BCUT2D eigenvalue weighted by molar-refractivity contribution is -0.384. The van der Waals surface area contributed by atoms with Crippen molar-refractivity contribution in [1.82, 2.24) is 15.0 Å². The molecule has 0 N–H and O–H groups in total. The maximum absolute atomic E-state index is 10.7. The van der Waals surface area contributed by atoms with E-state index in [1.165, 1.54) is 25.3 Å². The number of nitrogens with zero attached hydrogens (tertiary/aromatic N) is 4. The first-order valence-electron chi connectivity index (χ1n) is 5.86. The summed E-state index contributed by atoms with van der Waals surface area (Å²) < 4.78 is 6.32. The lowest BCUT2D eigenvalue weighted by atomic mass is 10.1. The van der Waals surface area contributed by atoms with Crippen LogP contribution in [0.3, 0.4) is 0 Å². The molecule has 1 heterocycles. The standard InChI is InChI=1S/C12H12N4O4/c1-9(17)20-12-8-15(14-13-12)7-6-10-2-4-11(5-3-10)16(18)19/h2-5,8H,6-7H2,1H3. The van der Waals surface area contributed by atoms with Gasteiger partial charge in [0.25, 0.3) is 11.6 Å². The average molecular weight is 276 g/mol. The molecule has 0 aliphatic carbocycles. The third-order valence-corrected chi connectivity index (χ3v) is 2.54. The summed E-state index contributed by atoms with van der Waals surface area (Å²) in [5.41, 5.74) is 1.01. The van der Waals surface area contributed by atoms with Crippen LogP contribution >= 0.6 is 0 Å². The Kier molecular flexibility index (Phi) is 4.04. The van der Waals surface area contributed by atoms with Crippen LogP contribution in [0.15, 0.2) is 30.5 Å². The monoisotopic (exact) mass is 276 g/mol. The first-order valence-corrected chi connectivity index (χ1v) is 5.86. The van der Waals surface area contributed by atoms with Gasteiger partial charge in [-0.05, 0) is 12.0 Å². The second kappa shape index (κ2) is 5.91. The Hall–Kier alpha value is -2.77. The number of non-ortho nitro benzene ring substituents is 1. The molecule has 0 unspecified atom stereocenters. The maximum atomic E-state index is 10.7. The van der Waals surface area contributed by atoms with E-state index in [0.29, 0.717) is 13.0 Å². The Morgan fingerprint density at radius 1 is 1.40 bits per heavy atom. The molecule has 0 aliphatic rings. The lowest BCUT2D eigenvalue weighted by Crippen LogP contribution is -2.02. The first-order chi connectivity index (χ1) is 9.54. The molecule has 0 bridgehead atoms. The zero-order valence-corrected chi connectivity index (χ0v) is 10.7. The molecule has 0 fully saturated rings. The van der Waals surface area contributed by atoms with Gasteiger partial charge < -0.3 is 4.74 Å². The summed E-state index contributed by atoms with van der Waals surface area (Å²) in [4.78, 5) is 20.8. The van der Waals surface area contributed by atoms with Crippen molar-refractivity contribution in [2.24, 2.45) is 0 Å². The summed E-state index contributed by atoms with van der Waals surface area (Å²) >= 11 is 0. The van der Waals surface area contributed by atoms with E-state index in [4.69, 9.17) is 4.74 Å². The molecule has 0 radical (unpaired) electrons. The predicted molar refractivity (Wildman–Crippen MR) is 68.1 cm³/mol. The molecule has 0 spiro atoms. The predicted octanol–water partition coefficient (Wildman–Crippen LogP) is 1.35. The van der Waals surface area contributed by atoms with Gasteiger partial charge in [-0.15, -0.1) is 0 Å². The second-order valence-electron chi connectivity index (χ2n) is 4.09. The maximum Gasteiger partial charge on any atom is 0.309 e. The molecule has 0 saturated heterocycles. The number of nitro groups is 1. The fourth-order valence-electron chi connectivity index (χ4n) is 1.61. The molecule has 2 aromatic rings. The first kappa shape index (κ1) is 13.7. The summed E-state index contributed by atoms with van der Waals surface area (Å²) in [6, 6.07) is 6.31. The highest BCUT2D eigenvalue weighted by atomic mass is 16.6. The van der Waals surface area contributed by atoms with Crippen LogP contribution in [-0.2, 0) is 17.8 Å². The number of aryl methyl sites for hydroxylation is 2. The molecule has 0 aliphatic heterocycles. The molecular weight excluding hydrogens is 264 g/mol. The Labute approximate surface area is 114 Å². The number of hydrogen-bond acceptors (Lipinski definition) is 6. The number of nitro benzene ring substituents is 1. The molecule has 0 saturated carbocycles. The molecule has 104 valence electrons. The number of hydrogen-bond donors (Lipinski definition) is 0. The minimum atomic E-state index is -0.451. The molecule has 8 heteroatoms. The van der Waals surface area contributed by atoms with Crippen LogP contribution in [0.1, 0.15) is 12.5 Å². The van der Waals surface area contributed by atoms with Crippen molar-refractivity contribution in [2.75, 3.05) is 0 Å². The van der Waals surface area contributed by atoms with E-state index in [1.807, 2.05) is 0 Å². The van der Waals surface area contributed by atoms with Crippen LogP contribution in [0.2, 0.25) is 0 Å². The number of esters is 1. The van der Waals surface area contributed by atoms with E-state index in [-0.39, 0.29) is 11.6 Å². The molecule has 1 aromatic carbocycles. The van der Waals surface area contributed by atoms with E-state index in [1.54, 1.807) is 16.8 Å². The highest BCUT2D eigenvalue weighted by molar-refractivity contribution is 5.68. The van der Waals surface area contributed by atoms with Crippen LogP contribution in [0.5, 0.6) is 5.88 Å². The summed E-state index contributed by atoms with van der Waals surface area (Å²) in [6.07, 6.45) is 2.16. The van der Waals surface area contributed by atoms with Gasteiger partial charge >= 0.3 is 5.97 Å². The third-order valence-electron chi connectivity index (χ3n) is 2.54. The average Bonchev–Trinajstić information content (AvgIpc) is 2.83. The van der Waals surface area contributed by atoms with Crippen molar-refractivity contribution in [2.45, 2.75) is 19.9 Å². The Morgan fingerprint density at radius 3 is 2.70 bits per heavy atom. The van der Waals surface area contributed by atoms with Crippen LogP contribution < -0.4 is 4.74 Å². The Bertz CT molecular complexity index is 621. The van der Waals surface area contributed by atoms with Crippen molar-refractivity contribution >= 4 is 11.7 Å². The zero-order chi connectivity index (χ0) is 14.5. The van der Waals surface area contributed by atoms with Crippen molar-refractivity contribution in [1.29, 1.82) is 0 Å². The largest absolute Gasteiger partial charge is 0.404 e. The molecule has 0 amide bonds. The lowest BCUT2D eigenvalue weighted by Gasteiger charge is -2.00. The number of benzene rings is 1. The quantitative estimate of drug-likeness (QED) is 0.464. The number of ether oxygens (including phenoxy) is 1. The smallest absolute Gasteiger partial charge is 0.309 e. The number of carbonyl (C=O) groups is 1. The van der Waals surface area contributed by atoms with Crippen molar-refractivity contribution in [3.05, 3.63) is 46.1 Å². The van der Waals surface area contributed by atoms with E-state index in [0.717, 1.165) is 5.56 Å². The third kappa shape index (κ3) is 3.61. The van der Waals surface area contributed by atoms with Crippen LogP contribution in [-0.4, -0.2) is 25.9 Å². The van der Waals surface area contributed by atoms with E-state index < -0.39 is 10.9 Å². The van der Waals surface area contributed by atoms with Gasteiger partial charge in [0.1, 0.15) is 0 Å². The van der Waals surface area contributed by atoms with Gasteiger partial charge in [0.15, 0.2) is 0 Å².